The lowest BCUT2D eigenvalue weighted by Gasteiger charge is -2.05. The molecule has 0 heterocycles. The minimum atomic E-state index is 1.09. The normalized spacial score (nSPS) is 10.4. The number of benzene rings is 2. The van der Waals surface area contributed by atoms with Crippen molar-refractivity contribution in [2.45, 2.75) is 34.1 Å². The summed E-state index contributed by atoms with van der Waals surface area (Å²) in [5, 5.41) is 2.67. The molecule has 90 valence electrons. The molecule has 0 aromatic heterocycles. The van der Waals surface area contributed by atoms with Crippen LogP contribution in [0.15, 0.2) is 42.5 Å². The van der Waals surface area contributed by atoms with Crippen molar-refractivity contribution in [2.24, 2.45) is 0 Å². The molecule has 0 aliphatic carbocycles. The first-order chi connectivity index (χ1) is 8.33. The first-order valence-corrected chi connectivity index (χ1v) is 6.48. The van der Waals surface area contributed by atoms with E-state index < -0.39 is 0 Å². The highest BCUT2D eigenvalue weighted by Crippen LogP contribution is 2.23. The van der Waals surface area contributed by atoms with Gasteiger partial charge >= 0.3 is 0 Å². The number of allylic oxidation sites excluding steroid dienone is 1. The molecule has 2 aromatic rings. The maximum absolute atomic E-state index is 2.23. The number of hydrogen-bond donors (Lipinski definition) is 0. The molecule has 0 bridgehead atoms. The lowest BCUT2D eigenvalue weighted by molar-refractivity contribution is 1.23. The topological polar surface area (TPSA) is 0 Å². The van der Waals surface area contributed by atoms with Crippen LogP contribution in [0, 0.1) is 6.92 Å². The van der Waals surface area contributed by atoms with Crippen molar-refractivity contribution in [1.29, 1.82) is 0 Å². The molecular formula is C17H22. The third-order valence-corrected chi connectivity index (χ3v) is 2.71. The Kier molecular flexibility index (Phi) is 5.48. The van der Waals surface area contributed by atoms with Gasteiger partial charge in [-0.3, -0.25) is 0 Å². The van der Waals surface area contributed by atoms with E-state index in [0.717, 1.165) is 6.42 Å². The van der Waals surface area contributed by atoms with Crippen molar-refractivity contribution < 1.29 is 0 Å². The molecule has 0 radical (unpaired) electrons. The zero-order valence-corrected chi connectivity index (χ0v) is 11.3. The third-order valence-electron chi connectivity index (χ3n) is 2.71. The van der Waals surface area contributed by atoms with E-state index in [9.17, 15) is 0 Å². The molecule has 0 saturated heterocycles. The monoisotopic (exact) mass is 226 g/mol. The number of hydrogen-bond acceptors (Lipinski definition) is 0. The highest BCUT2D eigenvalue weighted by Gasteiger charge is 2.00. The third kappa shape index (κ3) is 3.20. The molecule has 0 amide bonds. The minimum absolute atomic E-state index is 1.09. The molecule has 0 saturated carbocycles. The van der Waals surface area contributed by atoms with Crippen LogP contribution in [0.1, 0.15) is 38.3 Å². The van der Waals surface area contributed by atoms with Crippen LogP contribution in [0.3, 0.4) is 0 Å². The summed E-state index contributed by atoms with van der Waals surface area (Å²) in [7, 11) is 0. The van der Waals surface area contributed by atoms with Crippen LogP contribution in [0.2, 0.25) is 0 Å². The Morgan fingerprint density at radius 3 is 2.41 bits per heavy atom. The van der Waals surface area contributed by atoms with Gasteiger partial charge in [0.1, 0.15) is 0 Å². The van der Waals surface area contributed by atoms with Crippen molar-refractivity contribution in [1.82, 2.24) is 0 Å². The van der Waals surface area contributed by atoms with Gasteiger partial charge in [0.2, 0.25) is 0 Å². The zero-order valence-electron chi connectivity index (χ0n) is 11.3. The van der Waals surface area contributed by atoms with Crippen molar-refractivity contribution in [3.8, 4) is 0 Å². The number of rotatable bonds is 2. The van der Waals surface area contributed by atoms with Crippen LogP contribution in [0.4, 0.5) is 0 Å². The van der Waals surface area contributed by atoms with E-state index in [1.807, 2.05) is 13.8 Å². The molecular weight excluding hydrogens is 204 g/mol. The smallest absolute Gasteiger partial charge is 0.0109 e. The molecule has 0 N–H and O–H groups in total. The largest absolute Gasteiger partial charge is 0.0842 e. The van der Waals surface area contributed by atoms with Crippen LogP contribution in [0.25, 0.3) is 16.8 Å². The quantitative estimate of drug-likeness (QED) is 0.625. The van der Waals surface area contributed by atoms with E-state index >= 15 is 0 Å². The molecule has 0 heteroatoms. The molecule has 2 rings (SSSR count). The molecule has 0 unspecified atom stereocenters. The van der Waals surface area contributed by atoms with E-state index in [1.54, 1.807) is 0 Å². The molecule has 17 heavy (non-hydrogen) atoms. The van der Waals surface area contributed by atoms with Crippen LogP contribution < -0.4 is 0 Å². The molecule has 0 aliphatic heterocycles. The van der Waals surface area contributed by atoms with E-state index in [-0.39, 0.29) is 0 Å². The summed E-state index contributed by atoms with van der Waals surface area (Å²) >= 11 is 0. The Morgan fingerprint density at radius 1 is 1.00 bits per heavy atom. The maximum atomic E-state index is 2.23. The second-order valence-corrected chi connectivity index (χ2v) is 3.83. The highest BCUT2D eigenvalue weighted by molar-refractivity contribution is 5.91. The fraction of sp³-hybridized carbons (Fsp3) is 0.294. The molecule has 0 spiro atoms. The fourth-order valence-corrected chi connectivity index (χ4v) is 1.86. The Labute approximate surface area is 105 Å². The van der Waals surface area contributed by atoms with E-state index in [0.29, 0.717) is 0 Å². The lowest BCUT2D eigenvalue weighted by Crippen LogP contribution is -1.83. The summed E-state index contributed by atoms with van der Waals surface area (Å²) in [5.74, 6) is 0. The van der Waals surface area contributed by atoms with Crippen LogP contribution in [0.5, 0.6) is 0 Å². The van der Waals surface area contributed by atoms with Gasteiger partial charge in [-0.1, -0.05) is 69.3 Å². The highest BCUT2D eigenvalue weighted by atomic mass is 14.0. The van der Waals surface area contributed by atoms with Crippen LogP contribution >= 0.6 is 0 Å². The Balaban J connectivity index is 0.000000686. The van der Waals surface area contributed by atoms with Crippen molar-refractivity contribution >= 4 is 16.8 Å². The predicted molar refractivity (Wildman–Crippen MR) is 79.4 cm³/mol. The Morgan fingerprint density at radius 2 is 1.71 bits per heavy atom. The first-order valence-electron chi connectivity index (χ1n) is 6.48. The number of fused-ring (bicyclic) bond motifs is 1. The predicted octanol–water partition coefficient (Wildman–Crippen LogP) is 5.60. The minimum Gasteiger partial charge on any atom is -0.0842 e. The fourth-order valence-electron chi connectivity index (χ4n) is 1.86. The van der Waals surface area contributed by atoms with E-state index in [4.69, 9.17) is 0 Å². The van der Waals surface area contributed by atoms with Crippen molar-refractivity contribution in [2.75, 3.05) is 0 Å². The van der Waals surface area contributed by atoms with Gasteiger partial charge in [-0.2, -0.15) is 0 Å². The van der Waals surface area contributed by atoms with Gasteiger partial charge in [0, 0.05) is 0 Å². The summed E-state index contributed by atoms with van der Waals surface area (Å²) in [6, 6.07) is 12.9. The van der Waals surface area contributed by atoms with Crippen molar-refractivity contribution in [3.63, 3.8) is 0 Å². The van der Waals surface area contributed by atoms with E-state index in [1.165, 1.54) is 21.9 Å². The van der Waals surface area contributed by atoms with E-state index in [2.05, 4.69) is 62.4 Å². The summed E-state index contributed by atoms with van der Waals surface area (Å²) < 4.78 is 0. The standard InChI is InChI=1S/C15H16.C2H6/c1-3-4-8-14-12(2)10-11-13-7-5-6-9-15(13)14;1-2/h4-11H,3H2,1-2H3;1-2H3/b8-4-;. The average Bonchev–Trinajstić information content (AvgIpc) is 2.40. The van der Waals surface area contributed by atoms with Crippen molar-refractivity contribution in [3.05, 3.63) is 53.6 Å². The van der Waals surface area contributed by atoms with Gasteiger partial charge in [-0.15, -0.1) is 0 Å². The van der Waals surface area contributed by atoms with Gasteiger partial charge in [0.15, 0.2) is 0 Å². The second kappa shape index (κ2) is 6.90. The maximum Gasteiger partial charge on any atom is -0.0109 e. The zero-order chi connectivity index (χ0) is 12.7. The first kappa shape index (κ1) is 13.5. The second-order valence-electron chi connectivity index (χ2n) is 3.83. The summed E-state index contributed by atoms with van der Waals surface area (Å²) in [6.07, 6.45) is 5.54. The molecule has 0 fully saturated rings. The Bertz CT molecular complexity index is 492. The summed E-state index contributed by atoms with van der Waals surface area (Å²) in [6.45, 7) is 8.33. The molecule has 0 aliphatic rings. The van der Waals surface area contributed by atoms with Crippen LogP contribution in [-0.2, 0) is 0 Å². The SMILES string of the molecule is CC.CC/C=C\c1c(C)ccc2ccccc12. The molecule has 2 aromatic carbocycles. The van der Waals surface area contributed by atoms with Gasteiger partial charge in [-0.05, 0) is 35.2 Å². The Hall–Kier alpha value is -1.56. The average molecular weight is 226 g/mol. The summed E-state index contributed by atoms with van der Waals surface area (Å²) in [5.41, 5.74) is 2.70. The van der Waals surface area contributed by atoms with Gasteiger partial charge in [-0.25, -0.2) is 0 Å². The van der Waals surface area contributed by atoms with Gasteiger partial charge in [0.25, 0.3) is 0 Å². The molecule has 0 nitrogen and oxygen atoms in total. The lowest BCUT2D eigenvalue weighted by atomic mass is 9.99. The molecule has 0 atom stereocenters. The van der Waals surface area contributed by atoms with Crippen LogP contribution in [-0.4, -0.2) is 0 Å². The van der Waals surface area contributed by atoms with Gasteiger partial charge < -0.3 is 0 Å². The number of aryl methyl sites for hydroxylation is 1. The summed E-state index contributed by atoms with van der Waals surface area (Å²) in [4.78, 5) is 0. The van der Waals surface area contributed by atoms with Gasteiger partial charge in [0.05, 0.1) is 0 Å².